The monoisotopic (exact) mass is 394 g/mol. The Morgan fingerprint density at radius 2 is 1.62 bits per heavy atom. The molecule has 0 fully saturated rings. The number of halogens is 1. The average molecular weight is 394 g/mol. The van der Waals surface area contributed by atoms with Gasteiger partial charge in [-0.1, -0.05) is 12.1 Å². The molecule has 148 valence electrons. The Hall–Kier alpha value is -4.01. The summed E-state index contributed by atoms with van der Waals surface area (Å²) in [6.07, 6.45) is 2.38. The summed E-state index contributed by atoms with van der Waals surface area (Å²) in [5, 5.41) is 6.08. The molecule has 2 aromatic heterocycles. The van der Waals surface area contributed by atoms with Crippen LogP contribution in [0, 0.1) is 19.7 Å². The number of hydrogen-bond acceptors (Lipinski definition) is 6. The van der Waals surface area contributed by atoms with Gasteiger partial charge in [0, 0.05) is 11.8 Å². The number of nitrogens with zero attached hydrogens (tertiary/aromatic N) is 2. The van der Waals surface area contributed by atoms with E-state index in [4.69, 9.17) is 11.5 Å². The first-order valence-corrected chi connectivity index (χ1v) is 8.62. The molecule has 0 aliphatic rings. The molecule has 6 N–H and O–H groups in total. The Labute approximate surface area is 166 Å². The standard InChI is InChI=1S/C20H19FN6O2/c1-10-4-3-5-13(18(22)28)16(10)27-17-11(2)20(25-9-14(17)19(23)29)26-15-7-6-12(21)8-24-15/h3-9H,1-2H3,(H2,22,28)(H2,23,29)(H2,24,25,26,27). The fourth-order valence-corrected chi connectivity index (χ4v) is 2.82. The summed E-state index contributed by atoms with van der Waals surface area (Å²) in [5.74, 6) is -1.02. The summed E-state index contributed by atoms with van der Waals surface area (Å²) in [5.41, 5.74) is 13.5. The number of benzene rings is 1. The average Bonchev–Trinajstić information content (AvgIpc) is 2.67. The number of carbonyl (C=O) groups excluding carboxylic acids is 2. The highest BCUT2D eigenvalue weighted by molar-refractivity contribution is 6.04. The van der Waals surface area contributed by atoms with Crippen LogP contribution in [-0.2, 0) is 0 Å². The van der Waals surface area contributed by atoms with E-state index in [1.54, 1.807) is 32.0 Å². The lowest BCUT2D eigenvalue weighted by atomic mass is 10.0. The molecule has 2 heterocycles. The second-order valence-corrected chi connectivity index (χ2v) is 6.36. The molecule has 3 aromatic rings. The molecular weight excluding hydrogens is 375 g/mol. The van der Waals surface area contributed by atoms with Crippen molar-refractivity contribution in [3.63, 3.8) is 0 Å². The predicted octanol–water partition coefficient (Wildman–Crippen LogP) is 2.92. The zero-order chi connectivity index (χ0) is 21.1. The minimum atomic E-state index is -0.691. The molecule has 0 saturated heterocycles. The summed E-state index contributed by atoms with van der Waals surface area (Å²) < 4.78 is 13.1. The van der Waals surface area contributed by atoms with Gasteiger partial charge in [0.2, 0.25) is 0 Å². The van der Waals surface area contributed by atoms with Crippen LogP contribution in [0.5, 0.6) is 0 Å². The number of anilines is 4. The molecule has 0 aliphatic heterocycles. The van der Waals surface area contributed by atoms with E-state index in [1.807, 2.05) is 0 Å². The van der Waals surface area contributed by atoms with E-state index in [2.05, 4.69) is 20.6 Å². The number of carbonyl (C=O) groups is 2. The van der Waals surface area contributed by atoms with Crippen molar-refractivity contribution in [2.75, 3.05) is 10.6 Å². The smallest absolute Gasteiger partial charge is 0.252 e. The van der Waals surface area contributed by atoms with Crippen LogP contribution in [0.2, 0.25) is 0 Å². The van der Waals surface area contributed by atoms with Crippen LogP contribution in [0.3, 0.4) is 0 Å². The van der Waals surface area contributed by atoms with Crippen molar-refractivity contribution >= 4 is 34.8 Å². The van der Waals surface area contributed by atoms with Crippen LogP contribution in [0.1, 0.15) is 31.8 Å². The Morgan fingerprint density at radius 1 is 0.897 bits per heavy atom. The lowest BCUT2D eigenvalue weighted by Gasteiger charge is -2.19. The van der Waals surface area contributed by atoms with E-state index in [1.165, 1.54) is 18.3 Å². The van der Waals surface area contributed by atoms with Crippen molar-refractivity contribution < 1.29 is 14.0 Å². The van der Waals surface area contributed by atoms with Gasteiger partial charge in [0.1, 0.15) is 17.5 Å². The highest BCUT2D eigenvalue weighted by Crippen LogP contribution is 2.32. The van der Waals surface area contributed by atoms with Gasteiger partial charge in [-0.15, -0.1) is 0 Å². The summed E-state index contributed by atoms with van der Waals surface area (Å²) in [6, 6.07) is 7.81. The van der Waals surface area contributed by atoms with Gasteiger partial charge in [0.05, 0.1) is 28.7 Å². The first-order chi connectivity index (χ1) is 13.8. The van der Waals surface area contributed by atoms with Crippen molar-refractivity contribution in [2.24, 2.45) is 11.5 Å². The molecule has 0 bridgehead atoms. The molecule has 0 spiro atoms. The number of amides is 2. The van der Waals surface area contributed by atoms with Crippen LogP contribution < -0.4 is 22.1 Å². The minimum absolute atomic E-state index is 0.138. The van der Waals surface area contributed by atoms with Gasteiger partial charge < -0.3 is 22.1 Å². The van der Waals surface area contributed by atoms with Crippen molar-refractivity contribution in [1.82, 2.24) is 9.97 Å². The number of rotatable bonds is 6. The number of hydrogen-bond donors (Lipinski definition) is 4. The second kappa shape index (κ2) is 7.93. The molecule has 0 aliphatic carbocycles. The first-order valence-electron chi connectivity index (χ1n) is 8.62. The van der Waals surface area contributed by atoms with Crippen LogP contribution in [0.4, 0.5) is 27.4 Å². The fraction of sp³-hybridized carbons (Fsp3) is 0.100. The fourth-order valence-electron chi connectivity index (χ4n) is 2.82. The number of para-hydroxylation sites is 1. The van der Waals surface area contributed by atoms with Crippen molar-refractivity contribution in [1.29, 1.82) is 0 Å². The Bertz CT molecular complexity index is 1100. The van der Waals surface area contributed by atoms with E-state index < -0.39 is 17.6 Å². The number of nitrogens with two attached hydrogens (primary N) is 2. The molecule has 29 heavy (non-hydrogen) atoms. The molecule has 2 amide bonds. The normalized spacial score (nSPS) is 10.4. The third-order valence-electron chi connectivity index (χ3n) is 4.35. The summed E-state index contributed by atoms with van der Waals surface area (Å²) in [6.45, 7) is 3.52. The van der Waals surface area contributed by atoms with Crippen molar-refractivity contribution in [2.45, 2.75) is 13.8 Å². The third kappa shape index (κ3) is 4.13. The van der Waals surface area contributed by atoms with Crippen LogP contribution in [0.25, 0.3) is 0 Å². The van der Waals surface area contributed by atoms with Gasteiger partial charge in [-0.3, -0.25) is 9.59 Å². The molecule has 9 heteroatoms. The van der Waals surface area contributed by atoms with Crippen molar-refractivity contribution in [3.05, 3.63) is 70.8 Å². The quantitative estimate of drug-likeness (QED) is 0.507. The molecule has 8 nitrogen and oxygen atoms in total. The van der Waals surface area contributed by atoms with Crippen molar-refractivity contribution in [3.8, 4) is 0 Å². The van der Waals surface area contributed by atoms with Gasteiger partial charge in [-0.2, -0.15) is 0 Å². The van der Waals surface area contributed by atoms with E-state index in [0.29, 0.717) is 28.6 Å². The van der Waals surface area contributed by atoms with Gasteiger partial charge in [-0.05, 0) is 37.6 Å². The number of nitrogens with one attached hydrogen (secondary N) is 2. The zero-order valence-electron chi connectivity index (χ0n) is 15.8. The highest BCUT2D eigenvalue weighted by Gasteiger charge is 2.19. The SMILES string of the molecule is Cc1cccc(C(N)=O)c1Nc1c(C(N)=O)cnc(Nc2ccc(F)cn2)c1C. The van der Waals surface area contributed by atoms with Crippen LogP contribution in [-0.4, -0.2) is 21.8 Å². The lowest BCUT2D eigenvalue weighted by Crippen LogP contribution is -2.18. The Balaban J connectivity index is 2.09. The molecule has 0 radical (unpaired) electrons. The largest absolute Gasteiger partial charge is 0.366 e. The van der Waals surface area contributed by atoms with E-state index in [0.717, 1.165) is 11.8 Å². The Kier molecular flexibility index (Phi) is 5.40. The zero-order valence-corrected chi connectivity index (χ0v) is 15.8. The number of aryl methyl sites for hydroxylation is 1. The predicted molar refractivity (Wildman–Crippen MR) is 108 cm³/mol. The Morgan fingerprint density at radius 3 is 2.24 bits per heavy atom. The van der Waals surface area contributed by atoms with E-state index in [9.17, 15) is 14.0 Å². The summed E-state index contributed by atoms with van der Waals surface area (Å²) in [7, 11) is 0. The maximum atomic E-state index is 13.1. The maximum Gasteiger partial charge on any atom is 0.252 e. The molecule has 3 rings (SSSR count). The lowest BCUT2D eigenvalue weighted by molar-refractivity contribution is 0.0993. The van der Waals surface area contributed by atoms with Crippen LogP contribution in [0.15, 0.2) is 42.7 Å². The third-order valence-corrected chi connectivity index (χ3v) is 4.35. The first kappa shape index (κ1) is 19.7. The molecule has 0 atom stereocenters. The molecular formula is C20H19FN6O2. The van der Waals surface area contributed by atoms with Crippen LogP contribution >= 0.6 is 0 Å². The van der Waals surface area contributed by atoms with Gasteiger partial charge in [0.15, 0.2) is 0 Å². The summed E-state index contributed by atoms with van der Waals surface area (Å²) in [4.78, 5) is 31.9. The number of aromatic nitrogens is 2. The summed E-state index contributed by atoms with van der Waals surface area (Å²) >= 11 is 0. The molecule has 1 aromatic carbocycles. The van der Waals surface area contributed by atoms with Gasteiger partial charge in [0.25, 0.3) is 11.8 Å². The number of pyridine rings is 2. The van der Waals surface area contributed by atoms with Gasteiger partial charge in [-0.25, -0.2) is 14.4 Å². The van der Waals surface area contributed by atoms with E-state index in [-0.39, 0.29) is 11.1 Å². The maximum absolute atomic E-state index is 13.1. The topological polar surface area (TPSA) is 136 Å². The molecule has 0 unspecified atom stereocenters. The minimum Gasteiger partial charge on any atom is -0.366 e. The molecule has 0 saturated carbocycles. The second-order valence-electron chi connectivity index (χ2n) is 6.36. The van der Waals surface area contributed by atoms with E-state index >= 15 is 0 Å². The van der Waals surface area contributed by atoms with Gasteiger partial charge >= 0.3 is 0 Å². The number of primary amides is 2. The highest BCUT2D eigenvalue weighted by atomic mass is 19.1.